The zero-order valence-corrected chi connectivity index (χ0v) is 24.3. The Labute approximate surface area is 241 Å². The van der Waals surface area contributed by atoms with Crippen LogP contribution in [-0.2, 0) is 19.1 Å². The number of esters is 1. The Bertz CT molecular complexity index is 1390. The van der Waals surface area contributed by atoms with E-state index in [0.29, 0.717) is 52.3 Å². The summed E-state index contributed by atoms with van der Waals surface area (Å²) in [5.74, 6) is -0.774. The van der Waals surface area contributed by atoms with Gasteiger partial charge in [0.25, 0.3) is 11.8 Å². The number of nitrogens with zero attached hydrogens (tertiary/aromatic N) is 1. The highest BCUT2D eigenvalue weighted by Gasteiger charge is 2.15. The van der Waals surface area contributed by atoms with Crippen LogP contribution in [0.25, 0.3) is 10.1 Å². The second kappa shape index (κ2) is 15.7. The Hall–Kier alpha value is -4.03. The number of benzene rings is 2. The molecular weight excluding hydrogens is 553 g/mol. The van der Waals surface area contributed by atoms with Gasteiger partial charge >= 0.3 is 5.97 Å². The van der Waals surface area contributed by atoms with Crippen LogP contribution in [0.4, 0.5) is 4.39 Å². The average Bonchev–Trinajstić information content (AvgIpc) is 3.39. The van der Waals surface area contributed by atoms with Crippen molar-refractivity contribution in [3.8, 4) is 11.5 Å². The Morgan fingerprint density at radius 2 is 1.85 bits per heavy atom. The number of amides is 2. The number of ether oxygens (including phenoxy) is 4. The lowest BCUT2D eigenvalue weighted by molar-refractivity contribution is -0.145. The van der Waals surface area contributed by atoms with Crippen LogP contribution in [0.5, 0.6) is 11.5 Å². The molecule has 2 N–H and O–H groups in total. The summed E-state index contributed by atoms with van der Waals surface area (Å²) in [6, 6.07) is 9.37. The van der Waals surface area contributed by atoms with Crippen molar-refractivity contribution in [3.63, 3.8) is 0 Å². The molecule has 3 aromatic rings. The maximum atomic E-state index is 14.2. The minimum absolute atomic E-state index is 0.0846. The van der Waals surface area contributed by atoms with Crippen molar-refractivity contribution < 1.29 is 37.7 Å². The summed E-state index contributed by atoms with van der Waals surface area (Å²) in [5, 5.41) is 9.26. The van der Waals surface area contributed by atoms with Crippen LogP contribution >= 0.6 is 11.3 Å². The smallest absolute Gasteiger partial charge is 0.306 e. The minimum Gasteiger partial charge on any atom is -0.493 e. The van der Waals surface area contributed by atoms with E-state index in [0.717, 1.165) is 0 Å². The lowest BCUT2D eigenvalue weighted by Crippen LogP contribution is -2.35. The van der Waals surface area contributed by atoms with Gasteiger partial charge in [0.2, 0.25) is 0 Å². The van der Waals surface area contributed by atoms with E-state index in [1.165, 1.54) is 36.6 Å². The van der Waals surface area contributed by atoms with E-state index in [1.54, 1.807) is 30.7 Å². The van der Waals surface area contributed by atoms with Gasteiger partial charge in [-0.15, -0.1) is 11.3 Å². The third-order valence-electron chi connectivity index (χ3n) is 5.74. The number of hydrazone groups is 1. The molecule has 1 heterocycles. The largest absolute Gasteiger partial charge is 0.493 e. The molecule has 0 bridgehead atoms. The molecule has 0 aliphatic carbocycles. The molecule has 0 spiro atoms. The van der Waals surface area contributed by atoms with Crippen LogP contribution in [0.1, 0.15) is 42.6 Å². The molecule has 0 aliphatic heterocycles. The summed E-state index contributed by atoms with van der Waals surface area (Å²) in [5.41, 5.74) is 3.93. The normalized spacial score (nSPS) is 11.4. The number of carbonyl (C=O) groups excluding carboxylic acids is 3. The maximum absolute atomic E-state index is 14.2. The molecule has 2 aromatic carbocycles. The van der Waals surface area contributed by atoms with Gasteiger partial charge in [-0.2, -0.15) is 5.10 Å². The van der Waals surface area contributed by atoms with Gasteiger partial charge in [-0.1, -0.05) is 26.0 Å². The molecule has 0 atom stereocenters. The summed E-state index contributed by atoms with van der Waals surface area (Å²) in [4.78, 5) is 36.8. The van der Waals surface area contributed by atoms with E-state index in [2.05, 4.69) is 15.8 Å². The number of thiophene rings is 1. The van der Waals surface area contributed by atoms with Crippen LogP contribution in [0.15, 0.2) is 46.9 Å². The van der Waals surface area contributed by atoms with Gasteiger partial charge in [0, 0.05) is 41.8 Å². The third-order valence-corrected chi connectivity index (χ3v) is 6.74. The summed E-state index contributed by atoms with van der Waals surface area (Å²) in [6.07, 6.45) is 0.722. The molecule has 0 aliphatic rings. The monoisotopic (exact) mass is 587 g/mol. The number of hydrogen-bond acceptors (Lipinski definition) is 9. The highest BCUT2D eigenvalue weighted by Crippen LogP contribution is 2.30. The predicted molar refractivity (Wildman–Crippen MR) is 154 cm³/mol. The molecule has 41 heavy (non-hydrogen) atoms. The Morgan fingerprint density at radius 1 is 1.05 bits per heavy atom. The molecule has 220 valence electrons. The first-order valence-corrected chi connectivity index (χ1v) is 13.9. The number of rotatable bonds is 15. The van der Waals surface area contributed by atoms with Crippen molar-refractivity contribution in [2.75, 3.05) is 40.6 Å². The molecule has 10 nitrogen and oxygen atoms in total. The molecule has 2 amide bonds. The van der Waals surface area contributed by atoms with Gasteiger partial charge in [0.15, 0.2) is 11.5 Å². The predicted octanol–water partition coefficient (Wildman–Crippen LogP) is 4.30. The second-order valence-corrected chi connectivity index (χ2v) is 10.2. The average molecular weight is 588 g/mol. The standard InChI is InChI=1S/C29H34FN3O7S/c1-18(2)14-27(35)40-13-12-39-24-9-8-19(15-25(24)38-4)29(36)31-16-26(34)33-32-23(10-11-37-3)21-17-41-28-20(21)6-5-7-22(28)30/h5-9,15,17-18H,10-14,16H2,1-4H3,(H,31,36)(H,33,34)/b32-23+. The van der Waals surface area contributed by atoms with E-state index in [-0.39, 0.29) is 43.0 Å². The van der Waals surface area contributed by atoms with Crippen LogP contribution in [0, 0.1) is 11.7 Å². The number of hydrogen-bond donors (Lipinski definition) is 2. The molecular formula is C29H34FN3O7S. The summed E-state index contributed by atoms with van der Waals surface area (Å²) >= 11 is 1.26. The molecule has 0 unspecified atom stereocenters. The van der Waals surface area contributed by atoms with Crippen molar-refractivity contribution in [2.24, 2.45) is 11.0 Å². The van der Waals surface area contributed by atoms with Gasteiger partial charge < -0.3 is 24.3 Å². The van der Waals surface area contributed by atoms with Crippen LogP contribution in [0.2, 0.25) is 0 Å². The molecule has 3 rings (SSSR count). The SMILES string of the molecule is COCC/C(=N\NC(=O)CNC(=O)c1ccc(OCCOC(=O)CC(C)C)c(OC)c1)c1csc2c(F)cccc12. The van der Waals surface area contributed by atoms with Gasteiger partial charge in [0.1, 0.15) is 19.0 Å². The summed E-state index contributed by atoms with van der Waals surface area (Å²) < 4.78 is 35.9. The van der Waals surface area contributed by atoms with Gasteiger partial charge in [-0.25, -0.2) is 9.82 Å². The number of methoxy groups -OCH3 is 2. The van der Waals surface area contributed by atoms with Crippen molar-refractivity contribution in [1.82, 2.24) is 10.7 Å². The minimum atomic E-state index is -0.544. The van der Waals surface area contributed by atoms with Crippen LogP contribution in [0.3, 0.4) is 0 Å². The van der Waals surface area contributed by atoms with E-state index in [4.69, 9.17) is 18.9 Å². The maximum Gasteiger partial charge on any atom is 0.306 e. The highest BCUT2D eigenvalue weighted by molar-refractivity contribution is 7.17. The van der Waals surface area contributed by atoms with Crippen LogP contribution < -0.4 is 20.2 Å². The first-order chi connectivity index (χ1) is 19.7. The number of fused-ring (bicyclic) bond motifs is 1. The second-order valence-electron chi connectivity index (χ2n) is 9.32. The summed E-state index contributed by atoms with van der Waals surface area (Å²) in [7, 11) is 2.99. The molecule has 1 aromatic heterocycles. The first-order valence-electron chi connectivity index (χ1n) is 13.0. The fourth-order valence-electron chi connectivity index (χ4n) is 3.75. The highest BCUT2D eigenvalue weighted by atomic mass is 32.1. The Balaban J connectivity index is 1.56. The molecule has 0 saturated heterocycles. The molecule has 0 fully saturated rings. The topological polar surface area (TPSA) is 125 Å². The molecule has 0 radical (unpaired) electrons. The number of nitrogens with one attached hydrogen (secondary N) is 2. The van der Waals surface area contributed by atoms with Gasteiger partial charge in [0.05, 0.1) is 30.7 Å². The summed E-state index contributed by atoms with van der Waals surface area (Å²) in [6.45, 7) is 4.08. The lowest BCUT2D eigenvalue weighted by atomic mass is 10.1. The first kappa shape index (κ1) is 31.5. The zero-order chi connectivity index (χ0) is 29.8. The van der Waals surface area contributed by atoms with E-state index in [9.17, 15) is 18.8 Å². The van der Waals surface area contributed by atoms with E-state index in [1.807, 2.05) is 13.8 Å². The fourth-order valence-corrected chi connectivity index (χ4v) is 4.74. The van der Waals surface area contributed by atoms with Gasteiger partial charge in [-0.05, 0) is 30.2 Å². The van der Waals surface area contributed by atoms with Crippen molar-refractivity contribution in [1.29, 1.82) is 0 Å². The Kier molecular flexibility index (Phi) is 12.0. The molecule has 0 saturated carbocycles. The zero-order valence-electron chi connectivity index (χ0n) is 23.5. The lowest BCUT2D eigenvalue weighted by Gasteiger charge is -2.13. The van der Waals surface area contributed by atoms with Crippen molar-refractivity contribution in [3.05, 3.63) is 58.7 Å². The fraction of sp³-hybridized carbons (Fsp3) is 0.379. The van der Waals surface area contributed by atoms with E-state index >= 15 is 0 Å². The quantitative estimate of drug-likeness (QED) is 0.118. The Morgan fingerprint density at radius 3 is 2.59 bits per heavy atom. The van der Waals surface area contributed by atoms with E-state index < -0.39 is 11.8 Å². The molecule has 12 heteroatoms. The van der Waals surface area contributed by atoms with Crippen LogP contribution in [-0.4, -0.2) is 64.1 Å². The van der Waals surface area contributed by atoms with Crippen molar-refractivity contribution in [2.45, 2.75) is 26.7 Å². The van der Waals surface area contributed by atoms with Crippen molar-refractivity contribution >= 4 is 44.9 Å². The number of halogens is 1. The third kappa shape index (κ3) is 9.25. The number of carbonyl (C=O) groups is 3. The van der Waals surface area contributed by atoms with Gasteiger partial charge in [-0.3, -0.25) is 14.4 Å².